The SMILES string of the molecule is CCCC(C)(C)N1CCC2(CC2)C1. The summed E-state index contributed by atoms with van der Waals surface area (Å²) in [6, 6.07) is 0. The summed E-state index contributed by atoms with van der Waals surface area (Å²) in [6.45, 7) is 9.87. The van der Waals surface area contributed by atoms with Gasteiger partial charge in [-0.05, 0) is 51.5 Å². The molecule has 2 aliphatic rings. The summed E-state index contributed by atoms with van der Waals surface area (Å²) in [6.07, 6.45) is 7.15. The van der Waals surface area contributed by atoms with Gasteiger partial charge in [-0.1, -0.05) is 13.3 Å². The molecule has 2 rings (SSSR count). The molecule has 0 aromatic rings. The minimum Gasteiger partial charge on any atom is -0.298 e. The van der Waals surface area contributed by atoms with Crippen LogP contribution in [0.15, 0.2) is 0 Å². The van der Waals surface area contributed by atoms with Crippen molar-refractivity contribution >= 4 is 0 Å². The van der Waals surface area contributed by atoms with Crippen LogP contribution in [0, 0.1) is 5.41 Å². The quantitative estimate of drug-likeness (QED) is 0.647. The lowest BCUT2D eigenvalue weighted by atomic mass is 9.97. The third-order valence-corrected chi connectivity index (χ3v) is 4.11. The molecule has 1 aliphatic carbocycles. The third kappa shape index (κ3) is 1.76. The molecule has 0 unspecified atom stereocenters. The summed E-state index contributed by atoms with van der Waals surface area (Å²) in [5.41, 5.74) is 1.26. The van der Waals surface area contributed by atoms with Gasteiger partial charge >= 0.3 is 0 Å². The molecule has 13 heavy (non-hydrogen) atoms. The van der Waals surface area contributed by atoms with E-state index in [1.165, 1.54) is 45.2 Å². The predicted octanol–water partition coefficient (Wildman–Crippen LogP) is 3.05. The predicted molar refractivity (Wildman–Crippen MR) is 56.8 cm³/mol. The standard InChI is InChI=1S/C12H23N/c1-4-5-11(2,3)13-9-8-12(10-13)6-7-12/h4-10H2,1-3H3. The van der Waals surface area contributed by atoms with Gasteiger partial charge in [0.05, 0.1) is 0 Å². The van der Waals surface area contributed by atoms with Crippen LogP contribution in [-0.4, -0.2) is 23.5 Å². The third-order valence-electron chi connectivity index (χ3n) is 4.11. The first-order chi connectivity index (χ1) is 6.08. The highest BCUT2D eigenvalue weighted by Gasteiger charge is 2.49. The van der Waals surface area contributed by atoms with Crippen molar-refractivity contribution < 1.29 is 0 Å². The maximum absolute atomic E-state index is 2.73. The molecule has 0 aromatic carbocycles. The van der Waals surface area contributed by atoms with Crippen molar-refractivity contribution in [3.63, 3.8) is 0 Å². The van der Waals surface area contributed by atoms with Crippen LogP contribution in [0.25, 0.3) is 0 Å². The lowest BCUT2D eigenvalue weighted by molar-refractivity contribution is 0.135. The van der Waals surface area contributed by atoms with Gasteiger partial charge in [0.2, 0.25) is 0 Å². The topological polar surface area (TPSA) is 3.24 Å². The molecule has 1 saturated heterocycles. The van der Waals surface area contributed by atoms with E-state index in [1.54, 1.807) is 0 Å². The number of nitrogens with zero attached hydrogens (tertiary/aromatic N) is 1. The number of likely N-dealkylation sites (tertiary alicyclic amines) is 1. The van der Waals surface area contributed by atoms with Crippen LogP contribution >= 0.6 is 0 Å². The van der Waals surface area contributed by atoms with Crippen LogP contribution in [0.4, 0.5) is 0 Å². The van der Waals surface area contributed by atoms with Crippen LogP contribution in [0.5, 0.6) is 0 Å². The van der Waals surface area contributed by atoms with Gasteiger partial charge in [-0.2, -0.15) is 0 Å². The molecule has 0 atom stereocenters. The molecule has 0 aromatic heterocycles. The zero-order chi connectivity index (χ0) is 9.53. The molecule has 76 valence electrons. The van der Waals surface area contributed by atoms with Gasteiger partial charge in [-0.3, -0.25) is 4.90 Å². The monoisotopic (exact) mass is 181 g/mol. The van der Waals surface area contributed by atoms with Gasteiger partial charge in [0, 0.05) is 12.1 Å². The summed E-state index contributed by atoms with van der Waals surface area (Å²) in [7, 11) is 0. The zero-order valence-corrected chi connectivity index (χ0v) is 9.40. The molecule has 2 fully saturated rings. The van der Waals surface area contributed by atoms with E-state index < -0.39 is 0 Å². The first-order valence-corrected chi connectivity index (χ1v) is 5.83. The van der Waals surface area contributed by atoms with E-state index in [4.69, 9.17) is 0 Å². The Labute approximate surface area is 82.5 Å². The van der Waals surface area contributed by atoms with Gasteiger partial charge < -0.3 is 0 Å². The molecule has 0 amide bonds. The van der Waals surface area contributed by atoms with E-state index in [0.29, 0.717) is 5.54 Å². The lowest BCUT2D eigenvalue weighted by Gasteiger charge is -2.35. The van der Waals surface area contributed by atoms with Gasteiger partial charge in [-0.25, -0.2) is 0 Å². The van der Waals surface area contributed by atoms with Gasteiger partial charge in [0.25, 0.3) is 0 Å². The van der Waals surface area contributed by atoms with Crippen LogP contribution in [0.2, 0.25) is 0 Å². The maximum atomic E-state index is 2.73. The molecular weight excluding hydrogens is 158 g/mol. The summed E-state index contributed by atoms with van der Waals surface area (Å²) in [4.78, 5) is 2.73. The highest BCUT2D eigenvalue weighted by molar-refractivity contribution is 5.03. The van der Waals surface area contributed by atoms with Crippen LogP contribution < -0.4 is 0 Å². The minimum atomic E-state index is 0.459. The molecule has 1 heteroatoms. The first kappa shape index (κ1) is 9.51. The summed E-state index contributed by atoms with van der Waals surface area (Å²) < 4.78 is 0. The Morgan fingerprint density at radius 2 is 1.92 bits per heavy atom. The maximum Gasteiger partial charge on any atom is 0.0153 e. The Bertz CT molecular complexity index is 191. The number of hydrogen-bond acceptors (Lipinski definition) is 1. The zero-order valence-electron chi connectivity index (χ0n) is 9.40. The van der Waals surface area contributed by atoms with Crippen LogP contribution in [0.1, 0.15) is 52.9 Å². The van der Waals surface area contributed by atoms with E-state index in [2.05, 4.69) is 25.7 Å². The molecule has 0 radical (unpaired) electrons. The molecule has 1 aliphatic heterocycles. The van der Waals surface area contributed by atoms with Crippen LogP contribution in [0.3, 0.4) is 0 Å². The fourth-order valence-corrected chi connectivity index (χ4v) is 2.81. The minimum absolute atomic E-state index is 0.459. The molecular formula is C12H23N. The van der Waals surface area contributed by atoms with E-state index in [0.717, 1.165) is 5.41 Å². The summed E-state index contributed by atoms with van der Waals surface area (Å²) in [5.74, 6) is 0. The highest BCUT2D eigenvalue weighted by atomic mass is 15.2. The lowest BCUT2D eigenvalue weighted by Crippen LogP contribution is -2.42. The Kier molecular flexibility index (Phi) is 2.18. The second-order valence-electron chi connectivity index (χ2n) is 5.73. The van der Waals surface area contributed by atoms with Gasteiger partial charge in [0.1, 0.15) is 0 Å². The highest BCUT2D eigenvalue weighted by Crippen LogP contribution is 2.54. The fourth-order valence-electron chi connectivity index (χ4n) is 2.81. The van der Waals surface area contributed by atoms with Gasteiger partial charge in [-0.15, -0.1) is 0 Å². The second kappa shape index (κ2) is 2.98. The van der Waals surface area contributed by atoms with Crippen molar-refractivity contribution in [1.29, 1.82) is 0 Å². The Morgan fingerprint density at radius 3 is 2.38 bits per heavy atom. The smallest absolute Gasteiger partial charge is 0.0153 e. The largest absolute Gasteiger partial charge is 0.298 e. The molecule has 0 N–H and O–H groups in total. The number of rotatable bonds is 3. The molecule has 1 heterocycles. The Morgan fingerprint density at radius 1 is 1.23 bits per heavy atom. The molecule has 1 spiro atoms. The van der Waals surface area contributed by atoms with Crippen molar-refractivity contribution in [3.05, 3.63) is 0 Å². The van der Waals surface area contributed by atoms with Crippen molar-refractivity contribution in [3.8, 4) is 0 Å². The Balaban J connectivity index is 1.93. The van der Waals surface area contributed by atoms with E-state index in [9.17, 15) is 0 Å². The molecule has 1 saturated carbocycles. The fraction of sp³-hybridized carbons (Fsp3) is 1.00. The molecule has 0 bridgehead atoms. The summed E-state index contributed by atoms with van der Waals surface area (Å²) >= 11 is 0. The normalized spacial score (nSPS) is 27.0. The second-order valence-corrected chi connectivity index (χ2v) is 5.73. The van der Waals surface area contributed by atoms with Crippen molar-refractivity contribution in [2.75, 3.05) is 13.1 Å². The number of hydrogen-bond donors (Lipinski definition) is 0. The van der Waals surface area contributed by atoms with E-state index >= 15 is 0 Å². The van der Waals surface area contributed by atoms with E-state index in [-0.39, 0.29) is 0 Å². The molecule has 1 nitrogen and oxygen atoms in total. The van der Waals surface area contributed by atoms with Crippen molar-refractivity contribution in [1.82, 2.24) is 4.90 Å². The summed E-state index contributed by atoms with van der Waals surface area (Å²) in [5, 5.41) is 0. The van der Waals surface area contributed by atoms with Crippen molar-refractivity contribution in [2.45, 2.75) is 58.4 Å². The van der Waals surface area contributed by atoms with Crippen molar-refractivity contribution in [2.24, 2.45) is 5.41 Å². The average Bonchev–Trinajstić information content (AvgIpc) is 2.60. The Hall–Kier alpha value is -0.0400. The van der Waals surface area contributed by atoms with Gasteiger partial charge in [0.15, 0.2) is 0 Å². The first-order valence-electron chi connectivity index (χ1n) is 5.83. The average molecular weight is 181 g/mol. The van der Waals surface area contributed by atoms with Crippen LogP contribution in [-0.2, 0) is 0 Å². The van der Waals surface area contributed by atoms with E-state index in [1.807, 2.05) is 0 Å².